The molecule has 0 aliphatic carbocycles. The molecule has 1 atom stereocenters. The Morgan fingerprint density at radius 3 is 2.88 bits per heavy atom. The first kappa shape index (κ1) is 12.6. The molecule has 1 aromatic rings. The van der Waals surface area contributed by atoms with Crippen LogP contribution >= 0.6 is 11.6 Å². The molecule has 0 spiro atoms. The Balaban J connectivity index is 3.18. The van der Waals surface area contributed by atoms with E-state index in [1.54, 1.807) is 31.2 Å². The first-order valence-corrected chi connectivity index (χ1v) is 5.25. The summed E-state index contributed by atoms with van der Waals surface area (Å²) >= 11 is 5.89. The quantitative estimate of drug-likeness (QED) is 0.627. The molecule has 0 saturated carbocycles. The second-order valence-electron chi connectivity index (χ2n) is 3.39. The highest BCUT2D eigenvalue weighted by molar-refractivity contribution is 6.30. The zero-order chi connectivity index (χ0) is 12.0. The lowest BCUT2D eigenvalue weighted by atomic mass is 9.90. The highest BCUT2D eigenvalue weighted by Gasteiger charge is 2.25. The Labute approximate surface area is 101 Å². The van der Waals surface area contributed by atoms with Gasteiger partial charge in [-0.3, -0.25) is 0 Å². The van der Waals surface area contributed by atoms with Gasteiger partial charge in [0.15, 0.2) is 0 Å². The van der Waals surface area contributed by atoms with Crippen molar-refractivity contribution in [1.82, 2.24) is 0 Å². The number of halogens is 1. The number of benzene rings is 1. The molecule has 0 amide bonds. The monoisotopic (exact) mass is 232 g/mol. The molecule has 0 aliphatic rings. The van der Waals surface area contributed by atoms with E-state index in [1.165, 1.54) is 6.08 Å². The normalized spacial score (nSPS) is 12.9. The van der Waals surface area contributed by atoms with Gasteiger partial charge in [0.05, 0.1) is 0 Å². The number of rotatable bonds is 3. The lowest BCUT2D eigenvalue weighted by Crippen LogP contribution is -2.21. The molecule has 82 valence electrons. The van der Waals surface area contributed by atoms with Gasteiger partial charge in [-0.05, 0) is 30.7 Å². The second-order valence-corrected chi connectivity index (χ2v) is 3.82. The van der Waals surface area contributed by atoms with Gasteiger partial charge >= 0.3 is 0 Å². The summed E-state index contributed by atoms with van der Waals surface area (Å²) < 4.78 is 0. The molecule has 0 saturated heterocycles. The lowest BCUT2D eigenvalue weighted by molar-refractivity contribution is 0.0955. The summed E-state index contributed by atoms with van der Waals surface area (Å²) in [6, 6.07) is 7.07. The first-order chi connectivity index (χ1) is 7.62. The molecule has 16 heavy (non-hydrogen) atoms. The molecule has 1 N–H and O–H groups in total. The number of hydrogen-bond donors (Lipinski definition) is 1. The van der Waals surface area contributed by atoms with E-state index < -0.39 is 5.60 Å². The largest absolute Gasteiger partial charge is 0.379 e. The molecular formula is C14H13ClO. The van der Waals surface area contributed by atoms with Crippen LogP contribution in [0.1, 0.15) is 18.9 Å². The van der Waals surface area contributed by atoms with Gasteiger partial charge in [-0.25, -0.2) is 0 Å². The smallest absolute Gasteiger partial charge is 0.126 e. The molecule has 0 radical (unpaired) electrons. The van der Waals surface area contributed by atoms with Crippen molar-refractivity contribution < 1.29 is 5.11 Å². The van der Waals surface area contributed by atoms with Gasteiger partial charge in [0, 0.05) is 11.4 Å². The van der Waals surface area contributed by atoms with Crippen molar-refractivity contribution in [2.75, 3.05) is 0 Å². The highest BCUT2D eigenvalue weighted by atomic mass is 35.5. The molecule has 1 unspecified atom stereocenters. The second kappa shape index (κ2) is 5.58. The zero-order valence-electron chi connectivity index (χ0n) is 9.13. The molecule has 1 nitrogen and oxygen atoms in total. The van der Waals surface area contributed by atoms with Crippen LogP contribution in [0.2, 0.25) is 5.02 Å². The zero-order valence-corrected chi connectivity index (χ0v) is 9.88. The van der Waals surface area contributed by atoms with Crippen LogP contribution in [-0.2, 0) is 5.60 Å². The summed E-state index contributed by atoms with van der Waals surface area (Å²) in [5.74, 6) is 5.60. The van der Waals surface area contributed by atoms with E-state index in [0.717, 1.165) is 0 Å². The molecule has 1 aromatic carbocycles. The third-order valence-electron chi connectivity index (χ3n) is 2.20. The summed E-state index contributed by atoms with van der Waals surface area (Å²) in [7, 11) is 0. The Morgan fingerprint density at radius 1 is 1.56 bits per heavy atom. The minimum atomic E-state index is -1.17. The number of hydrogen-bond acceptors (Lipinski definition) is 1. The summed E-state index contributed by atoms with van der Waals surface area (Å²) in [6.45, 7) is 5.21. The van der Waals surface area contributed by atoms with Gasteiger partial charge in [-0.15, -0.1) is 11.7 Å². The van der Waals surface area contributed by atoms with E-state index >= 15 is 0 Å². The van der Waals surface area contributed by atoms with Crippen molar-refractivity contribution in [1.29, 1.82) is 0 Å². The minimum Gasteiger partial charge on any atom is -0.379 e. The maximum absolute atomic E-state index is 10.4. The van der Waals surface area contributed by atoms with Crippen LogP contribution in [0.4, 0.5) is 0 Å². The Kier molecular flexibility index (Phi) is 4.40. The fraction of sp³-hybridized carbons (Fsp3) is 0.214. The lowest BCUT2D eigenvalue weighted by Gasteiger charge is -2.22. The van der Waals surface area contributed by atoms with Crippen LogP contribution in [0.25, 0.3) is 0 Å². The van der Waals surface area contributed by atoms with E-state index in [1.807, 2.05) is 0 Å². The van der Waals surface area contributed by atoms with Crippen LogP contribution in [0.15, 0.2) is 42.7 Å². The molecule has 0 bridgehead atoms. The fourth-order valence-corrected chi connectivity index (χ4v) is 1.58. The van der Waals surface area contributed by atoms with Gasteiger partial charge < -0.3 is 5.11 Å². The molecule has 1 rings (SSSR count). The molecule has 0 aliphatic heterocycles. The van der Waals surface area contributed by atoms with E-state index in [2.05, 4.69) is 24.2 Å². The van der Waals surface area contributed by atoms with E-state index in [0.29, 0.717) is 17.0 Å². The van der Waals surface area contributed by atoms with E-state index in [4.69, 9.17) is 11.6 Å². The van der Waals surface area contributed by atoms with Gasteiger partial charge in [-0.2, -0.15) is 0 Å². The van der Waals surface area contributed by atoms with Crippen LogP contribution in [-0.4, -0.2) is 5.11 Å². The van der Waals surface area contributed by atoms with Crippen molar-refractivity contribution in [3.63, 3.8) is 0 Å². The van der Waals surface area contributed by atoms with Crippen molar-refractivity contribution in [2.45, 2.75) is 18.9 Å². The Morgan fingerprint density at radius 2 is 2.31 bits per heavy atom. The van der Waals surface area contributed by atoms with Crippen LogP contribution in [0.3, 0.4) is 0 Å². The predicted octanol–water partition coefficient (Wildman–Crippen LogP) is 3.28. The standard InChI is InChI=1S/C14H13ClO/c1-3-5-10-14(16,9-4-2)12-7-6-8-13(15)11-12/h6-9,11,16H,2,10H2,1H3. The van der Waals surface area contributed by atoms with Gasteiger partial charge in [0.25, 0.3) is 0 Å². The summed E-state index contributed by atoms with van der Waals surface area (Å²) in [5.41, 5.74) is 2.12. The third kappa shape index (κ3) is 3.02. The van der Waals surface area contributed by atoms with Gasteiger partial charge in [0.1, 0.15) is 5.60 Å². The SMILES string of the molecule is C=C=CC(O)(CC#CC)c1cccc(Cl)c1. The summed E-state index contributed by atoms with van der Waals surface area (Å²) in [5, 5.41) is 11.0. The van der Waals surface area contributed by atoms with Crippen LogP contribution in [0, 0.1) is 11.8 Å². The maximum atomic E-state index is 10.4. The Bertz CT molecular complexity index is 475. The van der Waals surface area contributed by atoms with Crippen molar-refractivity contribution >= 4 is 11.6 Å². The van der Waals surface area contributed by atoms with E-state index in [-0.39, 0.29) is 0 Å². The van der Waals surface area contributed by atoms with Crippen molar-refractivity contribution in [2.24, 2.45) is 0 Å². The molecule has 0 fully saturated rings. The molecular weight excluding hydrogens is 220 g/mol. The molecule has 0 aromatic heterocycles. The maximum Gasteiger partial charge on any atom is 0.126 e. The summed E-state index contributed by atoms with van der Waals surface area (Å²) in [6.07, 6.45) is 1.80. The third-order valence-corrected chi connectivity index (χ3v) is 2.44. The number of aliphatic hydroxyl groups is 1. The van der Waals surface area contributed by atoms with Gasteiger partial charge in [0.2, 0.25) is 0 Å². The van der Waals surface area contributed by atoms with Crippen LogP contribution < -0.4 is 0 Å². The average molecular weight is 233 g/mol. The van der Waals surface area contributed by atoms with Crippen molar-refractivity contribution in [3.8, 4) is 11.8 Å². The predicted molar refractivity (Wildman–Crippen MR) is 67.1 cm³/mol. The van der Waals surface area contributed by atoms with Crippen LogP contribution in [0.5, 0.6) is 0 Å². The fourth-order valence-electron chi connectivity index (χ4n) is 1.39. The topological polar surface area (TPSA) is 20.2 Å². The summed E-state index contributed by atoms with van der Waals surface area (Å²) in [4.78, 5) is 0. The van der Waals surface area contributed by atoms with E-state index in [9.17, 15) is 5.11 Å². The highest BCUT2D eigenvalue weighted by Crippen LogP contribution is 2.28. The van der Waals surface area contributed by atoms with Crippen molar-refractivity contribution in [3.05, 3.63) is 53.2 Å². The minimum absolute atomic E-state index is 0.298. The first-order valence-electron chi connectivity index (χ1n) is 4.87. The van der Waals surface area contributed by atoms with Gasteiger partial charge in [-0.1, -0.05) is 36.2 Å². The average Bonchev–Trinajstić information content (AvgIpc) is 2.27. The Hall–Kier alpha value is -1.45. The molecule has 0 heterocycles. The molecule has 2 heteroatoms.